The van der Waals surface area contributed by atoms with Gasteiger partial charge < -0.3 is 5.32 Å². The number of hydrogen-bond donors (Lipinski definition) is 1. The monoisotopic (exact) mass is 343 g/mol. The molecule has 2 aromatic rings. The SMILES string of the molecule is Cc1cc(Br)cc(NC2CCCCC2c2ccccc2)c1. The minimum atomic E-state index is 0.537. The maximum atomic E-state index is 3.78. The second-order valence-electron chi connectivity index (χ2n) is 6.07. The normalized spacial score (nSPS) is 22.0. The highest BCUT2D eigenvalue weighted by molar-refractivity contribution is 9.10. The van der Waals surface area contributed by atoms with Crippen LogP contribution in [0, 0.1) is 6.92 Å². The Morgan fingerprint density at radius 1 is 1.00 bits per heavy atom. The van der Waals surface area contributed by atoms with Gasteiger partial charge in [-0.05, 0) is 49.1 Å². The van der Waals surface area contributed by atoms with E-state index in [1.807, 2.05) is 0 Å². The minimum absolute atomic E-state index is 0.537. The van der Waals surface area contributed by atoms with Gasteiger partial charge in [-0.2, -0.15) is 0 Å². The van der Waals surface area contributed by atoms with Gasteiger partial charge in [-0.15, -0.1) is 0 Å². The molecule has 2 atom stereocenters. The van der Waals surface area contributed by atoms with Crippen LogP contribution in [0.5, 0.6) is 0 Å². The van der Waals surface area contributed by atoms with Gasteiger partial charge in [0.1, 0.15) is 0 Å². The lowest BCUT2D eigenvalue weighted by atomic mass is 9.80. The van der Waals surface area contributed by atoms with Crippen molar-refractivity contribution in [1.82, 2.24) is 0 Å². The summed E-state index contributed by atoms with van der Waals surface area (Å²) >= 11 is 3.60. The fourth-order valence-corrected chi connectivity index (χ4v) is 4.04. The van der Waals surface area contributed by atoms with E-state index < -0.39 is 0 Å². The van der Waals surface area contributed by atoms with Crippen LogP contribution in [0.1, 0.15) is 42.7 Å². The summed E-state index contributed by atoms with van der Waals surface area (Å²) in [5, 5.41) is 3.78. The van der Waals surface area contributed by atoms with Crippen LogP contribution in [-0.4, -0.2) is 6.04 Å². The molecule has 1 fully saturated rings. The second-order valence-corrected chi connectivity index (χ2v) is 6.99. The summed E-state index contributed by atoms with van der Waals surface area (Å²) in [4.78, 5) is 0. The summed E-state index contributed by atoms with van der Waals surface area (Å²) in [6, 6.07) is 18.1. The first-order chi connectivity index (χ1) is 10.2. The third kappa shape index (κ3) is 3.68. The molecular weight excluding hydrogens is 322 g/mol. The highest BCUT2D eigenvalue weighted by Gasteiger charge is 2.26. The van der Waals surface area contributed by atoms with E-state index in [-0.39, 0.29) is 0 Å². The largest absolute Gasteiger partial charge is 0.382 e. The number of benzene rings is 2. The standard InChI is InChI=1S/C19H22BrN/c1-14-11-16(20)13-17(12-14)21-19-10-6-5-9-18(19)15-7-3-2-4-8-15/h2-4,7-8,11-13,18-19,21H,5-6,9-10H2,1H3. The molecule has 1 N–H and O–H groups in total. The van der Waals surface area contributed by atoms with E-state index in [0.717, 1.165) is 4.47 Å². The van der Waals surface area contributed by atoms with Crippen molar-refractivity contribution in [3.8, 4) is 0 Å². The topological polar surface area (TPSA) is 12.0 Å². The molecule has 2 aromatic carbocycles. The Kier molecular flexibility index (Phi) is 4.64. The van der Waals surface area contributed by atoms with Gasteiger partial charge in [-0.3, -0.25) is 0 Å². The molecule has 1 nitrogen and oxygen atoms in total. The first kappa shape index (κ1) is 14.6. The first-order valence-electron chi connectivity index (χ1n) is 7.81. The summed E-state index contributed by atoms with van der Waals surface area (Å²) in [6.07, 6.45) is 5.21. The Morgan fingerprint density at radius 3 is 2.52 bits per heavy atom. The van der Waals surface area contributed by atoms with Crippen LogP contribution in [0.2, 0.25) is 0 Å². The van der Waals surface area contributed by atoms with Crippen LogP contribution in [0.25, 0.3) is 0 Å². The van der Waals surface area contributed by atoms with Gasteiger partial charge in [0.15, 0.2) is 0 Å². The summed E-state index contributed by atoms with van der Waals surface area (Å²) in [5.41, 5.74) is 4.00. The maximum Gasteiger partial charge on any atom is 0.0356 e. The molecule has 0 saturated heterocycles. The zero-order chi connectivity index (χ0) is 14.7. The van der Waals surface area contributed by atoms with Gasteiger partial charge in [0.05, 0.1) is 0 Å². The van der Waals surface area contributed by atoms with Gasteiger partial charge in [0, 0.05) is 22.1 Å². The van der Waals surface area contributed by atoms with Gasteiger partial charge in [-0.1, -0.05) is 59.1 Å². The van der Waals surface area contributed by atoms with Crippen LogP contribution >= 0.6 is 15.9 Å². The smallest absolute Gasteiger partial charge is 0.0356 e. The lowest BCUT2D eigenvalue weighted by Crippen LogP contribution is -2.30. The van der Waals surface area contributed by atoms with E-state index in [1.165, 1.54) is 42.5 Å². The molecule has 1 aliphatic rings. The molecule has 110 valence electrons. The molecule has 3 rings (SSSR count). The lowest BCUT2D eigenvalue weighted by molar-refractivity contribution is 0.405. The Morgan fingerprint density at radius 2 is 1.76 bits per heavy atom. The molecule has 0 heterocycles. The van der Waals surface area contributed by atoms with Gasteiger partial charge in [0.25, 0.3) is 0 Å². The molecule has 0 aromatic heterocycles. The molecule has 0 aliphatic heterocycles. The summed E-state index contributed by atoms with van der Waals surface area (Å²) in [5.74, 6) is 0.624. The summed E-state index contributed by atoms with van der Waals surface area (Å²) in [7, 11) is 0. The Bertz CT molecular complexity index is 574. The molecule has 2 heteroatoms. The molecule has 0 amide bonds. The number of halogens is 1. The number of rotatable bonds is 3. The third-order valence-corrected chi connectivity index (χ3v) is 4.85. The van der Waals surface area contributed by atoms with Crippen molar-refractivity contribution in [2.45, 2.75) is 44.6 Å². The van der Waals surface area contributed by atoms with Crippen molar-refractivity contribution in [3.63, 3.8) is 0 Å². The van der Waals surface area contributed by atoms with E-state index >= 15 is 0 Å². The summed E-state index contributed by atoms with van der Waals surface area (Å²) < 4.78 is 1.15. The van der Waals surface area contributed by atoms with Gasteiger partial charge >= 0.3 is 0 Å². The fourth-order valence-electron chi connectivity index (χ4n) is 3.44. The Hall–Kier alpha value is -1.28. The fraction of sp³-hybridized carbons (Fsp3) is 0.368. The molecular formula is C19H22BrN. The molecule has 1 aliphatic carbocycles. The first-order valence-corrected chi connectivity index (χ1v) is 8.60. The van der Waals surface area contributed by atoms with Crippen molar-refractivity contribution < 1.29 is 0 Å². The molecule has 1 saturated carbocycles. The van der Waals surface area contributed by atoms with Crippen LogP contribution in [-0.2, 0) is 0 Å². The average Bonchev–Trinajstić information content (AvgIpc) is 2.48. The van der Waals surface area contributed by atoms with Crippen molar-refractivity contribution in [2.75, 3.05) is 5.32 Å². The number of nitrogens with one attached hydrogen (secondary N) is 1. The van der Waals surface area contributed by atoms with Crippen LogP contribution in [0.15, 0.2) is 53.0 Å². The third-order valence-electron chi connectivity index (χ3n) is 4.39. The quantitative estimate of drug-likeness (QED) is 0.731. The van der Waals surface area contributed by atoms with Crippen molar-refractivity contribution in [1.29, 1.82) is 0 Å². The Balaban J connectivity index is 1.81. The zero-order valence-corrected chi connectivity index (χ0v) is 14.1. The van der Waals surface area contributed by atoms with Crippen LogP contribution in [0.3, 0.4) is 0 Å². The van der Waals surface area contributed by atoms with Crippen molar-refractivity contribution in [2.24, 2.45) is 0 Å². The molecule has 0 radical (unpaired) electrons. The second kappa shape index (κ2) is 6.65. The van der Waals surface area contributed by atoms with Crippen molar-refractivity contribution >= 4 is 21.6 Å². The minimum Gasteiger partial charge on any atom is -0.382 e. The molecule has 0 spiro atoms. The highest BCUT2D eigenvalue weighted by Crippen LogP contribution is 2.35. The van der Waals surface area contributed by atoms with E-state index in [9.17, 15) is 0 Å². The number of aryl methyl sites for hydroxylation is 1. The van der Waals surface area contributed by atoms with Crippen LogP contribution < -0.4 is 5.32 Å². The Labute approximate surface area is 135 Å². The predicted molar refractivity (Wildman–Crippen MR) is 93.9 cm³/mol. The molecule has 0 bridgehead atoms. The van der Waals surface area contributed by atoms with Gasteiger partial charge in [0.2, 0.25) is 0 Å². The molecule has 21 heavy (non-hydrogen) atoms. The maximum absolute atomic E-state index is 3.78. The van der Waals surface area contributed by atoms with E-state index in [2.05, 4.69) is 76.7 Å². The van der Waals surface area contributed by atoms with E-state index in [4.69, 9.17) is 0 Å². The number of hydrogen-bond acceptors (Lipinski definition) is 1. The van der Waals surface area contributed by atoms with Gasteiger partial charge in [-0.25, -0.2) is 0 Å². The molecule has 2 unspecified atom stereocenters. The predicted octanol–water partition coefficient (Wildman–Crippen LogP) is 5.90. The van der Waals surface area contributed by atoms with E-state index in [0.29, 0.717) is 12.0 Å². The summed E-state index contributed by atoms with van der Waals surface area (Å²) in [6.45, 7) is 2.14. The lowest BCUT2D eigenvalue weighted by Gasteiger charge is -2.33. The highest BCUT2D eigenvalue weighted by atomic mass is 79.9. The van der Waals surface area contributed by atoms with Crippen LogP contribution in [0.4, 0.5) is 5.69 Å². The average molecular weight is 344 g/mol. The number of anilines is 1. The van der Waals surface area contributed by atoms with Crippen molar-refractivity contribution in [3.05, 3.63) is 64.1 Å². The zero-order valence-electron chi connectivity index (χ0n) is 12.5. The van der Waals surface area contributed by atoms with E-state index in [1.54, 1.807) is 0 Å².